The Morgan fingerprint density at radius 2 is 1.64 bits per heavy atom. The molecular formula is C26H30ClN3O6. The summed E-state index contributed by atoms with van der Waals surface area (Å²) in [5.74, 6) is -1.87. The van der Waals surface area contributed by atoms with Crippen molar-refractivity contribution in [1.29, 1.82) is 0 Å². The number of benzene rings is 2. The highest BCUT2D eigenvalue weighted by Gasteiger charge is 2.25. The molecule has 0 fully saturated rings. The number of halogens is 1. The summed E-state index contributed by atoms with van der Waals surface area (Å²) in [5, 5.41) is 7.91. The number of rotatable bonds is 12. The molecule has 10 heteroatoms. The highest BCUT2D eigenvalue weighted by atomic mass is 35.5. The van der Waals surface area contributed by atoms with E-state index in [-0.39, 0.29) is 41.8 Å². The van der Waals surface area contributed by atoms with Crippen LogP contribution in [0.2, 0.25) is 5.02 Å². The third kappa shape index (κ3) is 8.20. The Kier molecular flexibility index (Phi) is 10.6. The number of Topliss-reactive ketones (excluding diaryl/α,β-unsaturated/α-hetero) is 2. The van der Waals surface area contributed by atoms with Crippen LogP contribution in [-0.2, 0) is 20.8 Å². The quantitative estimate of drug-likeness (QED) is 0.372. The third-order valence-electron chi connectivity index (χ3n) is 5.33. The van der Waals surface area contributed by atoms with Crippen LogP contribution in [-0.4, -0.2) is 55.5 Å². The van der Waals surface area contributed by atoms with Crippen molar-refractivity contribution in [1.82, 2.24) is 16.0 Å². The van der Waals surface area contributed by atoms with E-state index in [4.69, 9.17) is 16.3 Å². The number of methoxy groups -OCH3 is 1. The Balaban J connectivity index is 1.92. The summed E-state index contributed by atoms with van der Waals surface area (Å²) in [5.41, 5.74) is 1.19. The van der Waals surface area contributed by atoms with Gasteiger partial charge in [0.2, 0.25) is 11.8 Å². The largest absolute Gasteiger partial charge is 0.496 e. The van der Waals surface area contributed by atoms with Crippen molar-refractivity contribution in [2.45, 2.75) is 33.2 Å². The molecule has 0 saturated heterocycles. The van der Waals surface area contributed by atoms with Crippen LogP contribution < -0.4 is 20.7 Å². The van der Waals surface area contributed by atoms with E-state index in [0.717, 1.165) is 0 Å². The zero-order valence-electron chi connectivity index (χ0n) is 20.6. The van der Waals surface area contributed by atoms with Crippen LogP contribution in [0.1, 0.15) is 47.1 Å². The monoisotopic (exact) mass is 515 g/mol. The molecule has 2 aromatic carbocycles. The van der Waals surface area contributed by atoms with E-state index in [1.165, 1.54) is 20.1 Å². The number of nitrogens with one attached hydrogen (secondary N) is 3. The number of carbonyl (C=O) groups excluding carboxylic acids is 5. The summed E-state index contributed by atoms with van der Waals surface area (Å²) in [6, 6.07) is 10.3. The average Bonchev–Trinajstić information content (AvgIpc) is 2.84. The lowest BCUT2D eigenvalue weighted by molar-refractivity contribution is -0.130. The van der Waals surface area contributed by atoms with Gasteiger partial charge in [-0.2, -0.15) is 0 Å². The van der Waals surface area contributed by atoms with Gasteiger partial charge in [0.25, 0.3) is 5.91 Å². The maximum atomic E-state index is 12.7. The topological polar surface area (TPSA) is 131 Å². The Morgan fingerprint density at radius 1 is 0.972 bits per heavy atom. The van der Waals surface area contributed by atoms with E-state index in [2.05, 4.69) is 16.0 Å². The molecule has 0 heterocycles. The molecule has 0 aromatic heterocycles. The summed E-state index contributed by atoms with van der Waals surface area (Å²) < 4.78 is 5.27. The lowest BCUT2D eigenvalue weighted by Gasteiger charge is -2.22. The predicted molar refractivity (Wildman–Crippen MR) is 135 cm³/mol. The molecule has 3 N–H and O–H groups in total. The van der Waals surface area contributed by atoms with Gasteiger partial charge in [0.1, 0.15) is 11.8 Å². The molecule has 0 saturated carbocycles. The van der Waals surface area contributed by atoms with Crippen LogP contribution in [0.3, 0.4) is 0 Å². The van der Waals surface area contributed by atoms with Crippen LogP contribution in [0.5, 0.6) is 5.75 Å². The van der Waals surface area contributed by atoms with Crippen LogP contribution in [0.15, 0.2) is 42.5 Å². The Morgan fingerprint density at radius 3 is 2.25 bits per heavy atom. The van der Waals surface area contributed by atoms with Crippen molar-refractivity contribution in [2.75, 3.05) is 20.2 Å². The first kappa shape index (κ1) is 28.5. The Hall–Kier alpha value is -3.72. The first-order chi connectivity index (χ1) is 17.0. The number of carbonyl (C=O) groups is 5. The van der Waals surface area contributed by atoms with Crippen molar-refractivity contribution >= 4 is 40.9 Å². The second-order valence-electron chi connectivity index (χ2n) is 8.47. The van der Waals surface area contributed by atoms with E-state index in [0.29, 0.717) is 16.9 Å². The molecular weight excluding hydrogens is 486 g/mol. The fourth-order valence-electron chi connectivity index (χ4n) is 3.35. The molecule has 0 spiro atoms. The number of ketones is 2. The van der Waals surface area contributed by atoms with E-state index in [1.54, 1.807) is 50.2 Å². The van der Waals surface area contributed by atoms with Gasteiger partial charge >= 0.3 is 0 Å². The fraction of sp³-hybridized carbons (Fsp3) is 0.346. The van der Waals surface area contributed by atoms with Crippen LogP contribution in [0, 0.1) is 5.92 Å². The van der Waals surface area contributed by atoms with Crippen LogP contribution >= 0.6 is 11.6 Å². The van der Waals surface area contributed by atoms with Gasteiger partial charge in [0.05, 0.1) is 37.2 Å². The second kappa shape index (κ2) is 13.4. The van der Waals surface area contributed by atoms with E-state index in [1.807, 2.05) is 0 Å². The van der Waals surface area contributed by atoms with Gasteiger partial charge in [0, 0.05) is 11.1 Å². The summed E-state index contributed by atoms with van der Waals surface area (Å²) in [7, 11) is 1.46. The molecule has 2 aromatic rings. The SMILES string of the molecule is COc1ccc(C(C)=O)cc1CC(=O)N[C@H](C(=O)NCC(=O)CNC(=O)c1ccccc1Cl)C(C)C. The predicted octanol–water partition coefficient (Wildman–Crippen LogP) is 2.35. The van der Waals surface area contributed by atoms with E-state index in [9.17, 15) is 24.0 Å². The Labute approximate surface area is 214 Å². The Bertz CT molecular complexity index is 1150. The zero-order valence-corrected chi connectivity index (χ0v) is 21.4. The second-order valence-corrected chi connectivity index (χ2v) is 8.87. The molecule has 0 radical (unpaired) electrons. The highest BCUT2D eigenvalue weighted by molar-refractivity contribution is 6.33. The van der Waals surface area contributed by atoms with Crippen molar-refractivity contribution in [2.24, 2.45) is 5.92 Å². The molecule has 9 nitrogen and oxygen atoms in total. The summed E-state index contributed by atoms with van der Waals surface area (Å²) in [6.45, 7) is 4.32. The maximum Gasteiger partial charge on any atom is 0.253 e. The number of amides is 3. The van der Waals surface area contributed by atoms with Crippen molar-refractivity contribution in [3.05, 3.63) is 64.2 Å². The normalized spacial score (nSPS) is 11.4. The lowest BCUT2D eigenvalue weighted by atomic mass is 10.0. The third-order valence-corrected chi connectivity index (χ3v) is 5.66. The van der Waals surface area contributed by atoms with Gasteiger partial charge in [-0.05, 0) is 43.2 Å². The summed E-state index contributed by atoms with van der Waals surface area (Å²) >= 11 is 5.97. The number of hydrogen-bond donors (Lipinski definition) is 3. The van der Waals surface area contributed by atoms with E-state index < -0.39 is 29.5 Å². The minimum atomic E-state index is -0.898. The number of hydrogen-bond acceptors (Lipinski definition) is 6. The minimum absolute atomic E-state index is 0.103. The molecule has 1 atom stereocenters. The van der Waals surface area contributed by atoms with Crippen LogP contribution in [0.25, 0.3) is 0 Å². The highest BCUT2D eigenvalue weighted by Crippen LogP contribution is 2.21. The van der Waals surface area contributed by atoms with Gasteiger partial charge in [-0.25, -0.2) is 0 Å². The van der Waals surface area contributed by atoms with Crippen molar-refractivity contribution in [3.8, 4) is 5.75 Å². The van der Waals surface area contributed by atoms with Gasteiger partial charge in [-0.15, -0.1) is 0 Å². The van der Waals surface area contributed by atoms with Gasteiger partial charge < -0.3 is 20.7 Å². The minimum Gasteiger partial charge on any atom is -0.496 e. The van der Waals surface area contributed by atoms with Crippen LogP contribution in [0.4, 0.5) is 0 Å². The average molecular weight is 516 g/mol. The summed E-state index contributed by atoms with van der Waals surface area (Å²) in [4.78, 5) is 61.4. The number of ether oxygens (including phenoxy) is 1. The standard InChI is InChI=1S/C26H30ClN3O6/c1-15(2)24(30-23(33)12-18-11-17(16(3)31)9-10-22(18)36-4)26(35)29-14-19(32)13-28-25(34)20-7-5-6-8-21(20)27/h5-11,15,24H,12-14H2,1-4H3,(H,28,34)(H,29,35)(H,30,33)/t24-/m0/s1. The first-order valence-electron chi connectivity index (χ1n) is 11.3. The van der Waals surface area contributed by atoms with Gasteiger partial charge in [0.15, 0.2) is 11.6 Å². The first-order valence-corrected chi connectivity index (χ1v) is 11.7. The molecule has 0 bridgehead atoms. The molecule has 3 amide bonds. The van der Waals surface area contributed by atoms with Crippen molar-refractivity contribution < 1.29 is 28.7 Å². The molecule has 192 valence electrons. The molecule has 0 aliphatic heterocycles. The van der Waals surface area contributed by atoms with Gasteiger partial charge in [-0.3, -0.25) is 24.0 Å². The smallest absolute Gasteiger partial charge is 0.253 e. The van der Waals surface area contributed by atoms with E-state index >= 15 is 0 Å². The lowest BCUT2D eigenvalue weighted by Crippen LogP contribution is -2.51. The maximum absolute atomic E-state index is 12.7. The molecule has 0 aliphatic rings. The van der Waals surface area contributed by atoms with Crippen molar-refractivity contribution in [3.63, 3.8) is 0 Å². The molecule has 0 unspecified atom stereocenters. The fourth-order valence-corrected chi connectivity index (χ4v) is 3.57. The zero-order chi connectivity index (χ0) is 26.8. The molecule has 2 rings (SSSR count). The molecule has 36 heavy (non-hydrogen) atoms. The summed E-state index contributed by atoms with van der Waals surface area (Å²) in [6.07, 6.45) is -0.103. The molecule has 0 aliphatic carbocycles. The van der Waals surface area contributed by atoms with Gasteiger partial charge in [-0.1, -0.05) is 37.6 Å².